The smallest absolute Gasteiger partial charge is 0.253 e. The SMILES string of the molecule is CCCNC(C)CCCCn1cnc(C)cc1=O. The van der Waals surface area contributed by atoms with Gasteiger partial charge in [-0.15, -0.1) is 0 Å². The summed E-state index contributed by atoms with van der Waals surface area (Å²) < 4.78 is 1.69. The molecule has 1 heterocycles. The monoisotopic (exact) mass is 251 g/mol. The minimum absolute atomic E-state index is 0.0552. The van der Waals surface area contributed by atoms with Crippen molar-refractivity contribution in [2.45, 2.75) is 59.0 Å². The highest BCUT2D eigenvalue weighted by atomic mass is 16.1. The van der Waals surface area contributed by atoms with Gasteiger partial charge in [-0.25, -0.2) is 4.98 Å². The van der Waals surface area contributed by atoms with E-state index in [0.717, 1.165) is 38.0 Å². The van der Waals surface area contributed by atoms with E-state index in [2.05, 4.69) is 24.1 Å². The molecule has 4 nitrogen and oxygen atoms in total. The number of aromatic nitrogens is 2. The lowest BCUT2D eigenvalue weighted by Gasteiger charge is -2.12. The summed E-state index contributed by atoms with van der Waals surface area (Å²) >= 11 is 0. The van der Waals surface area contributed by atoms with Gasteiger partial charge in [0, 0.05) is 24.3 Å². The zero-order chi connectivity index (χ0) is 13.4. The van der Waals surface area contributed by atoms with Gasteiger partial charge in [-0.3, -0.25) is 9.36 Å². The van der Waals surface area contributed by atoms with Crippen molar-refractivity contribution in [1.29, 1.82) is 0 Å². The van der Waals surface area contributed by atoms with Crippen molar-refractivity contribution in [1.82, 2.24) is 14.9 Å². The summed E-state index contributed by atoms with van der Waals surface area (Å²) in [6.45, 7) is 8.09. The quantitative estimate of drug-likeness (QED) is 0.720. The molecule has 1 N–H and O–H groups in total. The molecule has 0 spiro atoms. The van der Waals surface area contributed by atoms with Crippen LogP contribution in [-0.4, -0.2) is 22.1 Å². The maximum Gasteiger partial charge on any atom is 0.253 e. The van der Waals surface area contributed by atoms with Gasteiger partial charge in [-0.1, -0.05) is 13.3 Å². The number of hydrogen-bond acceptors (Lipinski definition) is 3. The van der Waals surface area contributed by atoms with Crippen LogP contribution < -0.4 is 10.9 Å². The topological polar surface area (TPSA) is 46.9 Å². The lowest BCUT2D eigenvalue weighted by atomic mass is 10.1. The van der Waals surface area contributed by atoms with Crippen molar-refractivity contribution in [3.8, 4) is 0 Å². The number of nitrogens with one attached hydrogen (secondary N) is 1. The summed E-state index contributed by atoms with van der Waals surface area (Å²) in [4.78, 5) is 15.8. The normalized spacial score (nSPS) is 12.6. The van der Waals surface area contributed by atoms with Crippen molar-refractivity contribution in [2.75, 3.05) is 6.54 Å². The first-order valence-corrected chi connectivity index (χ1v) is 6.90. The second kappa shape index (κ2) is 8.03. The predicted octanol–water partition coefficient (Wildman–Crippen LogP) is 2.11. The fourth-order valence-electron chi connectivity index (χ4n) is 1.91. The van der Waals surface area contributed by atoms with E-state index in [1.54, 1.807) is 17.0 Å². The van der Waals surface area contributed by atoms with Crippen LogP contribution in [0.25, 0.3) is 0 Å². The van der Waals surface area contributed by atoms with Crippen molar-refractivity contribution in [2.24, 2.45) is 0 Å². The molecule has 4 heteroatoms. The molecular formula is C14H25N3O. The third-order valence-electron chi connectivity index (χ3n) is 3.05. The predicted molar refractivity (Wildman–Crippen MR) is 74.8 cm³/mol. The van der Waals surface area contributed by atoms with Gasteiger partial charge in [0.15, 0.2) is 0 Å². The zero-order valence-electron chi connectivity index (χ0n) is 11.8. The Hall–Kier alpha value is -1.16. The highest BCUT2D eigenvalue weighted by Gasteiger charge is 2.01. The average molecular weight is 251 g/mol. The van der Waals surface area contributed by atoms with Crippen molar-refractivity contribution < 1.29 is 0 Å². The van der Waals surface area contributed by atoms with Crippen molar-refractivity contribution >= 4 is 0 Å². The molecule has 0 aliphatic carbocycles. The Balaban J connectivity index is 2.23. The summed E-state index contributed by atoms with van der Waals surface area (Å²) in [6, 6.07) is 2.16. The minimum atomic E-state index is 0.0552. The fourth-order valence-corrected chi connectivity index (χ4v) is 1.91. The second-order valence-corrected chi connectivity index (χ2v) is 4.91. The Morgan fingerprint density at radius 2 is 2.22 bits per heavy atom. The van der Waals surface area contributed by atoms with Gasteiger partial charge < -0.3 is 5.32 Å². The molecule has 1 aromatic rings. The van der Waals surface area contributed by atoms with E-state index in [-0.39, 0.29) is 5.56 Å². The Kier molecular flexibility index (Phi) is 6.65. The molecule has 1 unspecified atom stereocenters. The van der Waals surface area contributed by atoms with Gasteiger partial charge in [-0.05, 0) is 39.7 Å². The molecule has 0 radical (unpaired) electrons. The third kappa shape index (κ3) is 5.45. The summed E-state index contributed by atoms with van der Waals surface area (Å²) in [5, 5.41) is 3.47. The molecule has 0 saturated carbocycles. The van der Waals surface area contributed by atoms with Crippen LogP contribution >= 0.6 is 0 Å². The highest BCUT2D eigenvalue weighted by Crippen LogP contribution is 2.02. The molecule has 0 aromatic carbocycles. The van der Waals surface area contributed by atoms with Gasteiger partial charge in [0.25, 0.3) is 5.56 Å². The molecule has 0 aliphatic rings. The highest BCUT2D eigenvalue weighted by molar-refractivity contribution is 4.95. The number of aryl methyl sites for hydroxylation is 2. The average Bonchev–Trinajstić information content (AvgIpc) is 2.34. The van der Waals surface area contributed by atoms with E-state index in [9.17, 15) is 4.79 Å². The van der Waals surface area contributed by atoms with Crippen LogP contribution in [0, 0.1) is 6.92 Å². The van der Waals surface area contributed by atoms with E-state index >= 15 is 0 Å². The van der Waals surface area contributed by atoms with E-state index in [1.165, 1.54) is 6.42 Å². The fraction of sp³-hybridized carbons (Fsp3) is 0.714. The Morgan fingerprint density at radius 3 is 2.89 bits per heavy atom. The first-order valence-electron chi connectivity index (χ1n) is 6.90. The molecule has 1 atom stereocenters. The van der Waals surface area contributed by atoms with Crippen LogP contribution in [0.3, 0.4) is 0 Å². The largest absolute Gasteiger partial charge is 0.314 e. The maximum atomic E-state index is 11.6. The molecule has 18 heavy (non-hydrogen) atoms. The zero-order valence-corrected chi connectivity index (χ0v) is 11.8. The van der Waals surface area contributed by atoms with E-state index in [1.807, 2.05) is 6.92 Å². The van der Waals surface area contributed by atoms with Crippen molar-refractivity contribution in [3.63, 3.8) is 0 Å². The third-order valence-corrected chi connectivity index (χ3v) is 3.05. The molecule has 0 saturated heterocycles. The number of rotatable bonds is 8. The molecule has 1 aromatic heterocycles. The summed E-state index contributed by atoms with van der Waals surface area (Å²) in [5.41, 5.74) is 0.841. The molecule has 1 rings (SSSR count). The molecule has 102 valence electrons. The first-order chi connectivity index (χ1) is 8.63. The lowest BCUT2D eigenvalue weighted by molar-refractivity contribution is 0.472. The number of hydrogen-bond donors (Lipinski definition) is 1. The summed E-state index contributed by atoms with van der Waals surface area (Å²) in [7, 11) is 0. The number of nitrogens with zero attached hydrogens (tertiary/aromatic N) is 2. The van der Waals surface area contributed by atoms with E-state index < -0.39 is 0 Å². The molecule has 0 amide bonds. The molecule has 0 aliphatic heterocycles. The Bertz CT molecular complexity index is 400. The summed E-state index contributed by atoms with van der Waals surface area (Å²) in [6.07, 6.45) is 6.15. The summed E-state index contributed by atoms with van der Waals surface area (Å²) in [5.74, 6) is 0. The maximum absolute atomic E-state index is 11.6. The lowest BCUT2D eigenvalue weighted by Crippen LogP contribution is -2.26. The number of unbranched alkanes of at least 4 members (excludes halogenated alkanes) is 1. The van der Waals surface area contributed by atoms with Crippen LogP contribution in [0.4, 0.5) is 0 Å². The first kappa shape index (κ1) is 14.9. The van der Waals surface area contributed by atoms with Crippen LogP contribution in [-0.2, 0) is 6.54 Å². The van der Waals surface area contributed by atoms with Crippen LogP contribution in [0.5, 0.6) is 0 Å². The van der Waals surface area contributed by atoms with Gasteiger partial charge in [-0.2, -0.15) is 0 Å². The van der Waals surface area contributed by atoms with Gasteiger partial charge >= 0.3 is 0 Å². The Morgan fingerprint density at radius 1 is 1.44 bits per heavy atom. The van der Waals surface area contributed by atoms with E-state index in [0.29, 0.717) is 6.04 Å². The van der Waals surface area contributed by atoms with Gasteiger partial charge in [0.2, 0.25) is 0 Å². The van der Waals surface area contributed by atoms with Crippen LogP contribution in [0.1, 0.15) is 45.2 Å². The van der Waals surface area contributed by atoms with E-state index in [4.69, 9.17) is 0 Å². The molecule has 0 bridgehead atoms. The van der Waals surface area contributed by atoms with Crippen LogP contribution in [0.2, 0.25) is 0 Å². The van der Waals surface area contributed by atoms with Gasteiger partial charge in [0.1, 0.15) is 0 Å². The molecule has 0 fully saturated rings. The second-order valence-electron chi connectivity index (χ2n) is 4.91. The van der Waals surface area contributed by atoms with Gasteiger partial charge in [0.05, 0.1) is 6.33 Å². The van der Waals surface area contributed by atoms with Crippen LogP contribution in [0.15, 0.2) is 17.2 Å². The van der Waals surface area contributed by atoms with Crippen molar-refractivity contribution in [3.05, 3.63) is 28.4 Å². The molecular weight excluding hydrogens is 226 g/mol. The minimum Gasteiger partial charge on any atom is -0.314 e. The standard InChI is InChI=1S/C14H25N3O/c1-4-8-15-12(2)7-5-6-9-17-11-16-13(3)10-14(17)18/h10-12,15H,4-9H2,1-3H3. The Labute approximate surface area is 109 Å².